The Balaban J connectivity index is 1.73. The molecule has 2 aliphatic rings. The van der Waals surface area contributed by atoms with E-state index in [-0.39, 0.29) is 11.9 Å². The van der Waals surface area contributed by atoms with Gasteiger partial charge in [0, 0.05) is 6.04 Å². The number of benzene rings is 1. The van der Waals surface area contributed by atoms with E-state index in [1.54, 1.807) is 12.1 Å². The maximum Gasteiger partial charge on any atom is 0.123 e. The number of halogens is 1. The van der Waals surface area contributed by atoms with E-state index in [1.165, 1.54) is 25.7 Å². The number of nitrogens with one attached hydrogen (secondary N) is 1. The van der Waals surface area contributed by atoms with Crippen LogP contribution in [-0.4, -0.2) is 0 Å². The Morgan fingerprint density at radius 3 is 2.74 bits per heavy atom. The van der Waals surface area contributed by atoms with Crippen LogP contribution in [-0.2, 0) is 0 Å². The molecule has 2 saturated carbocycles. The lowest BCUT2D eigenvalue weighted by molar-refractivity contribution is 0.280. The van der Waals surface area contributed by atoms with Crippen molar-refractivity contribution in [2.45, 2.75) is 45.1 Å². The predicted molar refractivity (Wildman–Crippen MR) is 74.8 cm³/mol. The molecule has 104 valence electrons. The first-order chi connectivity index (χ1) is 9.15. The first-order valence-electron chi connectivity index (χ1n) is 7.39. The van der Waals surface area contributed by atoms with Gasteiger partial charge >= 0.3 is 0 Å². The molecule has 0 aromatic heterocycles. The van der Waals surface area contributed by atoms with Gasteiger partial charge in [0.25, 0.3) is 0 Å². The number of nitrogens with two attached hydrogens (primary N) is 1. The molecule has 3 heteroatoms. The summed E-state index contributed by atoms with van der Waals surface area (Å²) in [4.78, 5) is 0. The van der Waals surface area contributed by atoms with Gasteiger partial charge in [-0.15, -0.1) is 0 Å². The molecule has 0 radical (unpaired) electrons. The highest BCUT2D eigenvalue weighted by Crippen LogP contribution is 2.50. The lowest BCUT2D eigenvalue weighted by Gasteiger charge is -2.26. The quantitative estimate of drug-likeness (QED) is 0.644. The molecule has 0 amide bonds. The van der Waals surface area contributed by atoms with E-state index < -0.39 is 0 Å². The Labute approximate surface area is 114 Å². The Hall–Kier alpha value is -0.930. The van der Waals surface area contributed by atoms with Crippen LogP contribution in [0.15, 0.2) is 18.2 Å². The molecule has 0 saturated heterocycles. The summed E-state index contributed by atoms with van der Waals surface area (Å²) in [6.07, 6.45) is 6.59. The van der Waals surface area contributed by atoms with Crippen LogP contribution in [0.3, 0.4) is 0 Å². The van der Waals surface area contributed by atoms with Crippen LogP contribution < -0.4 is 11.3 Å². The van der Waals surface area contributed by atoms with E-state index in [0.717, 1.165) is 35.3 Å². The minimum atomic E-state index is -0.164. The molecule has 4 unspecified atom stereocenters. The molecule has 4 atom stereocenters. The second-order valence-electron chi connectivity index (χ2n) is 6.45. The first-order valence-corrected chi connectivity index (χ1v) is 7.39. The van der Waals surface area contributed by atoms with Crippen molar-refractivity contribution < 1.29 is 4.39 Å². The van der Waals surface area contributed by atoms with Crippen LogP contribution in [0, 0.1) is 30.5 Å². The Kier molecular flexibility index (Phi) is 3.59. The number of aryl methyl sites for hydroxylation is 1. The van der Waals surface area contributed by atoms with Gasteiger partial charge in [0.1, 0.15) is 5.82 Å². The van der Waals surface area contributed by atoms with Crippen molar-refractivity contribution in [2.75, 3.05) is 0 Å². The zero-order chi connectivity index (χ0) is 13.4. The number of fused-ring (bicyclic) bond motifs is 2. The topological polar surface area (TPSA) is 38.0 Å². The standard InChI is InChI=1S/C16H23FN2/c1-10-4-14(8-15(17)5-10)16(19-18)9-13-7-11-2-3-12(13)6-11/h4-5,8,11-13,16,19H,2-3,6-7,9,18H2,1H3. The third kappa shape index (κ3) is 2.67. The zero-order valence-corrected chi connectivity index (χ0v) is 11.5. The Bertz CT molecular complexity index is 440. The van der Waals surface area contributed by atoms with Crippen molar-refractivity contribution in [3.05, 3.63) is 35.1 Å². The van der Waals surface area contributed by atoms with Gasteiger partial charge in [0.15, 0.2) is 0 Å². The highest BCUT2D eigenvalue weighted by molar-refractivity contribution is 5.26. The van der Waals surface area contributed by atoms with Gasteiger partial charge in [-0.25, -0.2) is 4.39 Å². The fourth-order valence-corrected chi connectivity index (χ4v) is 4.23. The molecule has 1 aromatic rings. The summed E-state index contributed by atoms with van der Waals surface area (Å²) in [6, 6.07) is 5.30. The minimum Gasteiger partial charge on any atom is -0.271 e. The number of hydrazine groups is 1. The maximum atomic E-state index is 13.5. The molecular formula is C16H23FN2. The summed E-state index contributed by atoms with van der Waals surface area (Å²) in [5.74, 6) is 8.14. The number of hydrogen-bond donors (Lipinski definition) is 2. The van der Waals surface area contributed by atoms with E-state index in [9.17, 15) is 4.39 Å². The molecular weight excluding hydrogens is 239 g/mol. The maximum absolute atomic E-state index is 13.5. The highest BCUT2D eigenvalue weighted by Gasteiger charge is 2.40. The molecule has 2 aliphatic carbocycles. The van der Waals surface area contributed by atoms with Crippen molar-refractivity contribution >= 4 is 0 Å². The van der Waals surface area contributed by atoms with Crippen molar-refractivity contribution in [2.24, 2.45) is 23.6 Å². The molecule has 19 heavy (non-hydrogen) atoms. The van der Waals surface area contributed by atoms with Crippen molar-refractivity contribution in [1.29, 1.82) is 0 Å². The van der Waals surface area contributed by atoms with Crippen LogP contribution in [0.1, 0.15) is 49.3 Å². The Morgan fingerprint density at radius 2 is 2.16 bits per heavy atom. The number of rotatable bonds is 4. The second-order valence-corrected chi connectivity index (χ2v) is 6.45. The van der Waals surface area contributed by atoms with Gasteiger partial charge in [0.05, 0.1) is 0 Å². The fourth-order valence-electron chi connectivity index (χ4n) is 4.23. The van der Waals surface area contributed by atoms with Crippen LogP contribution in [0.4, 0.5) is 4.39 Å². The smallest absolute Gasteiger partial charge is 0.123 e. The van der Waals surface area contributed by atoms with E-state index in [2.05, 4.69) is 5.43 Å². The normalized spacial score (nSPS) is 30.8. The first kappa shape index (κ1) is 13.1. The predicted octanol–water partition coefficient (Wildman–Crippen LogP) is 3.46. The molecule has 2 nitrogen and oxygen atoms in total. The van der Waals surface area contributed by atoms with Crippen LogP contribution in [0.5, 0.6) is 0 Å². The molecule has 0 aliphatic heterocycles. The third-order valence-corrected chi connectivity index (χ3v) is 5.09. The minimum absolute atomic E-state index is 0.0822. The van der Waals surface area contributed by atoms with Crippen molar-refractivity contribution in [3.8, 4) is 0 Å². The van der Waals surface area contributed by atoms with E-state index in [4.69, 9.17) is 5.84 Å². The lowest BCUT2D eigenvalue weighted by atomic mass is 9.83. The molecule has 3 N–H and O–H groups in total. The van der Waals surface area contributed by atoms with E-state index >= 15 is 0 Å². The van der Waals surface area contributed by atoms with Gasteiger partial charge in [-0.1, -0.05) is 12.5 Å². The summed E-state index contributed by atoms with van der Waals surface area (Å²) in [7, 11) is 0. The molecule has 0 heterocycles. The molecule has 0 spiro atoms. The van der Waals surface area contributed by atoms with Crippen LogP contribution in [0.2, 0.25) is 0 Å². The summed E-state index contributed by atoms with van der Waals surface area (Å²) in [6.45, 7) is 1.93. The third-order valence-electron chi connectivity index (χ3n) is 5.09. The Morgan fingerprint density at radius 1 is 1.32 bits per heavy atom. The van der Waals surface area contributed by atoms with Gasteiger partial charge in [-0.05, 0) is 73.6 Å². The van der Waals surface area contributed by atoms with E-state index in [0.29, 0.717) is 0 Å². The van der Waals surface area contributed by atoms with E-state index in [1.807, 2.05) is 13.0 Å². The SMILES string of the molecule is Cc1cc(F)cc(C(CC2CC3CCC2C3)NN)c1. The van der Waals surface area contributed by atoms with Gasteiger partial charge in [-0.2, -0.15) is 0 Å². The largest absolute Gasteiger partial charge is 0.271 e. The fraction of sp³-hybridized carbons (Fsp3) is 0.625. The lowest BCUT2D eigenvalue weighted by Crippen LogP contribution is -2.31. The van der Waals surface area contributed by atoms with Crippen molar-refractivity contribution in [1.82, 2.24) is 5.43 Å². The average Bonchev–Trinajstić information content (AvgIpc) is 2.96. The van der Waals surface area contributed by atoms with Gasteiger partial charge in [0.2, 0.25) is 0 Å². The summed E-state index contributed by atoms with van der Waals surface area (Å²) in [5, 5.41) is 0. The summed E-state index contributed by atoms with van der Waals surface area (Å²) < 4.78 is 13.5. The monoisotopic (exact) mass is 262 g/mol. The second kappa shape index (κ2) is 5.22. The average molecular weight is 262 g/mol. The van der Waals surface area contributed by atoms with Crippen LogP contribution in [0.25, 0.3) is 0 Å². The van der Waals surface area contributed by atoms with Gasteiger partial charge < -0.3 is 0 Å². The molecule has 2 bridgehead atoms. The summed E-state index contributed by atoms with van der Waals surface area (Å²) in [5.41, 5.74) is 4.84. The number of hydrogen-bond acceptors (Lipinski definition) is 2. The highest BCUT2D eigenvalue weighted by atomic mass is 19.1. The van der Waals surface area contributed by atoms with Crippen LogP contribution >= 0.6 is 0 Å². The zero-order valence-electron chi connectivity index (χ0n) is 11.5. The van der Waals surface area contributed by atoms with Crippen molar-refractivity contribution in [3.63, 3.8) is 0 Å². The summed E-state index contributed by atoms with van der Waals surface area (Å²) >= 11 is 0. The van der Waals surface area contributed by atoms with Gasteiger partial charge in [-0.3, -0.25) is 11.3 Å². The molecule has 2 fully saturated rings. The molecule has 3 rings (SSSR count). The molecule has 1 aromatic carbocycles.